The van der Waals surface area contributed by atoms with Gasteiger partial charge < -0.3 is 15.0 Å². The lowest BCUT2D eigenvalue weighted by Crippen LogP contribution is -2.30. The number of hydrogen-bond acceptors (Lipinski definition) is 2. The molecule has 1 saturated heterocycles. The fraction of sp³-hybridized carbons (Fsp3) is 0.400. The van der Waals surface area contributed by atoms with Crippen molar-refractivity contribution in [1.82, 2.24) is 10.3 Å². The smallest absolute Gasteiger partial charge is 0.267 e. The third-order valence-electron chi connectivity index (χ3n) is 4.46. The standard InChI is InChI=1S/C15H15BrN2O2/c1-7-2-3-11(16)14-8(7)4-12(17-14)15(19)18-13-9-5-20-6-10(9)13/h2-4,9-10,13,17H,5-6H2,1H3,(H,18,19)/t9-,10+,13?. The first kappa shape index (κ1) is 12.4. The molecule has 5 heteroatoms. The number of carbonyl (C=O) groups excluding carboxylic acids is 1. The van der Waals surface area contributed by atoms with Gasteiger partial charge in [-0.05, 0) is 40.5 Å². The van der Waals surface area contributed by atoms with Crippen LogP contribution in [0.5, 0.6) is 0 Å². The fourth-order valence-electron chi connectivity index (χ4n) is 3.13. The molecule has 2 fully saturated rings. The summed E-state index contributed by atoms with van der Waals surface area (Å²) in [4.78, 5) is 15.5. The van der Waals surface area contributed by atoms with E-state index >= 15 is 0 Å². The van der Waals surface area contributed by atoms with Gasteiger partial charge in [-0.25, -0.2) is 0 Å². The number of aromatic amines is 1. The monoisotopic (exact) mass is 334 g/mol. The van der Waals surface area contributed by atoms with Crippen molar-refractivity contribution in [2.24, 2.45) is 11.8 Å². The summed E-state index contributed by atoms with van der Waals surface area (Å²) in [5.41, 5.74) is 2.77. The van der Waals surface area contributed by atoms with Crippen molar-refractivity contribution in [2.45, 2.75) is 13.0 Å². The number of halogens is 1. The lowest BCUT2D eigenvalue weighted by Gasteiger charge is -2.05. The van der Waals surface area contributed by atoms with Crippen LogP contribution < -0.4 is 5.32 Å². The molecule has 20 heavy (non-hydrogen) atoms. The molecule has 1 aliphatic heterocycles. The van der Waals surface area contributed by atoms with E-state index in [1.54, 1.807) is 0 Å². The van der Waals surface area contributed by atoms with Crippen LogP contribution in [0.2, 0.25) is 0 Å². The lowest BCUT2D eigenvalue weighted by molar-refractivity contribution is 0.0925. The van der Waals surface area contributed by atoms with Crippen LogP contribution >= 0.6 is 15.9 Å². The molecule has 1 unspecified atom stereocenters. The van der Waals surface area contributed by atoms with Gasteiger partial charge in [-0.3, -0.25) is 4.79 Å². The molecule has 2 heterocycles. The molecule has 2 aliphatic rings. The quantitative estimate of drug-likeness (QED) is 0.886. The highest BCUT2D eigenvalue weighted by Gasteiger charge is 2.54. The van der Waals surface area contributed by atoms with Crippen LogP contribution in [-0.4, -0.2) is 30.1 Å². The molecule has 1 aliphatic carbocycles. The molecule has 0 bridgehead atoms. The zero-order valence-corrected chi connectivity index (χ0v) is 12.7. The molecule has 1 aromatic heterocycles. The zero-order chi connectivity index (χ0) is 13.9. The number of aryl methyl sites for hydroxylation is 1. The number of aromatic nitrogens is 1. The van der Waals surface area contributed by atoms with Gasteiger partial charge in [-0.2, -0.15) is 0 Å². The summed E-state index contributed by atoms with van der Waals surface area (Å²) in [5, 5.41) is 4.19. The van der Waals surface area contributed by atoms with Crippen LogP contribution in [0.1, 0.15) is 16.1 Å². The van der Waals surface area contributed by atoms with E-state index in [-0.39, 0.29) is 5.91 Å². The van der Waals surface area contributed by atoms with Gasteiger partial charge in [0, 0.05) is 27.7 Å². The van der Waals surface area contributed by atoms with Gasteiger partial charge in [0.25, 0.3) is 5.91 Å². The second-order valence-electron chi connectivity index (χ2n) is 5.70. The molecule has 1 amide bonds. The Morgan fingerprint density at radius 1 is 1.40 bits per heavy atom. The van der Waals surface area contributed by atoms with E-state index in [1.165, 1.54) is 0 Å². The Kier molecular flexibility index (Phi) is 2.69. The number of fused-ring (bicyclic) bond motifs is 2. The average molecular weight is 335 g/mol. The number of hydrogen-bond donors (Lipinski definition) is 2. The number of nitrogens with one attached hydrogen (secondary N) is 2. The highest BCUT2D eigenvalue weighted by atomic mass is 79.9. The van der Waals surface area contributed by atoms with Crippen molar-refractivity contribution in [1.29, 1.82) is 0 Å². The van der Waals surface area contributed by atoms with E-state index in [9.17, 15) is 4.79 Å². The third kappa shape index (κ3) is 1.80. The molecule has 3 atom stereocenters. The van der Waals surface area contributed by atoms with Gasteiger partial charge in [-0.1, -0.05) is 6.07 Å². The van der Waals surface area contributed by atoms with Gasteiger partial charge in [0.15, 0.2) is 0 Å². The highest BCUT2D eigenvalue weighted by Crippen LogP contribution is 2.44. The minimum atomic E-state index is -0.0214. The van der Waals surface area contributed by atoms with Gasteiger partial charge in [0.1, 0.15) is 5.69 Å². The summed E-state index contributed by atoms with van der Waals surface area (Å²) >= 11 is 3.52. The van der Waals surface area contributed by atoms with Crippen molar-refractivity contribution in [3.8, 4) is 0 Å². The average Bonchev–Trinajstić information content (AvgIpc) is 2.90. The highest BCUT2D eigenvalue weighted by molar-refractivity contribution is 9.10. The number of rotatable bonds is 2. The first-order valence-corrected chi connectivity index (χ1v) is 7.61. The van der Waals surface area contributed by atoms with Crippen molar-refractivity contribution >= 4 is 32.7 Å². The minimum Gasteiger partial charge on any atom is -0.381 e. The van der Waals surface area contributed by atoms with Crippen LogP contribution in [0.3, 0.4) is 0 Å². The lowest BCUT2D eigenvalue weighted by atomic mass is 10.1. The third-order valence-corrected chi connectivity index (χ3v) is 5.12. The molecule has 4 nitrogen and oxygen atoms in total. The summed E-state index contributed by atoms with van der Waals surface area (Å²) < 4.78 is 6.32. The molecule has 104 valence electrons. The fourth-order valence-corrected chi connectivity index (χ4v) is 3.58. The molecule has 0 radical (unpaired) electrons. The summed E-state index contributed by atoms with van der Waals surface area (Å²) in [6, 6.07) is 6.27. The largest absolute Gasteiger partial charge is 0.381 e. The maximum absolute atomic E-state index is 12.3. The van der Waals surface area contributed by atoms with Crippen molar-refractivity contribution in [3.05, 3.63) is 33.9 Å². The summed E-state index contributed by atoms with van der Waals surface area (Å²) in [6.45, 7) is 3.62. The van der Waals surface area contributed by atoms with Crippen LogP contribution in [0.4, 0.5) is 0 Å². The molecular formula is C15H15BrN2O2. The van der Waals surface area contributed by atoms with Gasteiger partial charge in [0.2, 0.25) is 0 Å². The number of amides is 1. The molecule has 2 aromatic rings. The SMILES string of the molecule is Cc1ccc(Br)c2[nH]c(C(=O)NC3[C@H]4COC[C@@H]34)cc12. The van der Waals surface area contributed by atoms with E-state index in [0.29, 0.717) is 23.6 Å². The second kappa shape index (κ2) is 4.33. The first-order valence-electron chi connectivity index (χ1n) is 6.81. The van der Waals surface area contributed by atoms with Crippen LogP contribution in [0.25, 0.3) is 10.9 Å². The number of H-pyrrole nitrogens is 1. The Morgan fingerprint density at radius 2 is 2.15 bits per heavy atom. The molecule has 2 N–H and O–H groups in total. The maximum Gasteiger partial charge on any atom is 0.267 e. The Balaban J connectivity index is 1.60. The van der Waals surface area contributed by atoms with Crippen LogP contribution in [-0.2, 0) is 4.74 Å². The Bertz CT molecular complexity index is 660. The summed E-state index contributed by atoms with van der Waals surface area (Å²) in [5.74, 6) is 1.03. The van der Waals surface area contributed by atoms with Gasteiger partial charge >= 0.3 is 0 Å². The van der Waals surface area contributed by atoms with Crippen LogP contribution in [0.15, 0.2) is 22.7 Å². The topological polar surface area (TPSA) is 54.1 Å². The van der Waals surface area contributed by atoms with E-state index in [2.05, 4.69) is 26.2 Å². The molecule has 1 aromatic carbocycles. The number of ether oxygens (including phenoxy) is 1. The van der Waals surface area contributed by atoms with E-state index in [0.717, 1.165) is 34.2 Å². The maximum atomic E-state index is 12.3. The zero-order valence-electron chi connectivity index (χ0n) is 11.1. The summed E-state index contributed by atoms with van der Waals surface area (Å²) in [7, 11) is 0. The molecule has 1 saturated carbocycles. The van der Waals surface area contributed by atoms with Gasteiger partial charge in [-0.15, -0.1) is 0 Å². The van der Waals surface area contributed by atoms with Gasteiger partial charge in [0.05, 0.1) is 18.7 Å². The normalized spacial score (nSPS) is 27.6. The first-order chi connectivity index (χ1) is 9.65. The molecule has 4 rings (SSSR count). The predicted octanol–water partition coefficient (Wildman–Crippen LogP) is 2.61. The minimum absolute atomic E-state index is 0.0214. The van der Waals surface area contributed by atoms with Crippen molar-refractivity contribution in [2.75, 3.05) is 13.2 Å². The number of carbonyl (C=O) groups is 1. The van der Waals surface area contributed by atoms with E-state index < -0.39 is 0 Å². The Hall–Kier alpha value is -1.33. The Morgan fingerprint density at radius 3 is 2.85 bits per heavy atom. The predicted molar refractivity (Wildman–Crippen MR) is 79.8 cm³/mol. The summed E-state index contributed by atoms with van der Waals surface area (Å²) in [6.07, 6.45) is 0. The molecule has 0 spiro atoms. The van der Waals surface area contributed by atoms with Crippen molar-refractivity contribution in [3.63, 3.8) is 0 Å². The van der Waals surface area contributed by atoms with Crippen molar-refractivity contribution < 1.29 is 9.53 Å². The number of benzene rings is 1. The second-order valence-corrected chi connectivity index (χ2v) is 6.55. The Labute approximate surface area is 125 Å². The molecular weight excluding hydrogens is 320 g/mol. The van der Waals surface area contributed by atoms with E-state index in [1.807, 2.05) is 25.1 Å². The van der Waals surface area contributed by atoms with Crippen LogP contribution in [0, 0.1) is 18.8 Å². The van der Waals surface area contributed by atoms with E-state index in [4.69, 9.17) is 4.74 Å².